The topological polar surface area (TPSA) is 32.3 Å². The number of carbonyl (C=O) groups excluding carboxylic acids is 1. The highest BCUT2D eigenvalue weighted by molar-refractivity contribution is 5.75. The quantitative estimate of drug-likeness (QED) is 0.833. The molecular formula is C15H28N2O. The molecule has 3 unspecified atom stereocenters. The first kappa shape index (κ1) is 13.9. The lowest BCUT2D eigenvalue weighted by molar-refractivity contribution is -0.128. The Balaban J connectivity index is 1.67. The number of nitrogens with one attached hydrogen (secondary N) is 1. The van der Waals surface area contributed by atoms with Crippen molar-refractivity contribution in [1.82, 2.24) is 10.2 Å². The maximum absolute atomic E-state index is 11.5. The van der Waals surface area contributed by atoms with E-state index < -0.39 is 0 Å². The van der Waals surface area contributed by atoms with E-state index in [0.717, 1.165) is 18.4 Å². The van der Waals surface area contributed by atoms with Gasteiger partial charge in [-0.05, 0) is 31.1 Å². The van der Waals surface area contributed by atoms with Crippen molar-refractivity contribution in [2.75, 3.05) is 20.6 Å². The van der Waals surface area contributed by atoms with Gasteiger partial charge in [-0.25, -0.2) is 0 Å². The minimum absolute atomic E-state index is 0.230. The summed E-state index contributed by atoms with van der Waals surface area (Å²) in [6, 6.07) is 0.666. The molecule has 2 fully saturated rings. The van der Waals surface area contributed by atoms with E-state index in [1.54, 1.807) is 4.90 Å². The van der Waals surface area contributed by atoms with Crippen molar-refractivity contribution in [2.45, 2.75) is 57.4 Å². The second-order valence-corrected chi connectivity index (χ2v) is 6.31. The molecule has 3 nitrogen and oxygen atoms in total. The monoisotopic (exact) mass is 252 g/mol. The molecule has 2 aliphatic carbocycles. The van der Waals surface area contributed by atoms with Crippen molar-refractivity contribution < 1.29 is 4.79 Å². The summed E-state index contributed by atoms with van der Waals surface area (Å²) in [6.45, 7) is 0.846. The summed E-state index contributed by atoms with van der Waals surface area (Å²) in [5.41, 5.74) is 0. The SMILES string of the molecule is CN(C)C(=O)CCNC1CCC2CCCCC2C1. The molecule has 104 valence electrons. The smallest absolute Gasteiger partial charge is 0.223 e. The average Bonchev–Trinajstić information content (AvgIpc) is 2.38. The molecule has 1 N–H and O–H groups in total. The first-order valence-electron chi connectivity index (χ1n) is 7.60. The van der Waals surface area contributed by atoms with Crippen LogP contribution in [-0.2, 0) is 4.79 Å². The Labute approximate surface area is 111 Å². The second kappa shape index (κ2) is 6.55. The molecule has 18 heavy (non-hydrogen) atoms. The number of amides is 1. The summed E-state index contributed by atoms with van der Waals surface area (Å²) in [7, 11) is 3.66. The first-order valence-corrected chi connectivity index (χ1v) is 7.60. The molecule has 0 saturated heterocycles. The molecule has 3 atom stereocenters. The van der Waals surface area contributed by atoms with Crippen LogP contribution in [-0.4, -0.2) is 37.5 Å². The van der Waals surface area contributed by atoms with Crippen LogP contribution in [0, 0.1) is 11.8 Å². The highest BCUT2D eigenvalue weighted by Crippen LogP contribution is 2.40. The number of fused-ring (bicyclic) bond motifs is 1. The molecule has 0 aliphatic heterocycles. The average molecular weight is 252 g/mol. The molecule has 0 spiro atoms. The molecule has 0 radical (unpaired) electrons. The van der Waals surface area contributed by atoms with E-state index in [1.807, 2.05) is 14.1 Å². The molecule has 2 aliphatic rings. The van der Waals surface area contributed by atoms with Gasteiger partial charge in [0.05, 0.1) is 0 Å². The zero-order chi connectivity index (χ0) is 13.0. The predicted molar refractivity (Wildman–Crippen MR) is 74.4 cm³/mol. The third kappa shape index (κ3) is 3.71. The van der Waals surface area contributed by atoms with Gasteiger partial charge in [-0.15, -0.1) is 0 Å². The number of carbonyl (C=O) groups is 1. The summed E-state index contributed by atoms with van der Waals surface area (Å²) in [6.07, 6.45) is 10.5. The van der Waals surface area contributed by atoms with Gasteiger partial charge in [0, 0.05) is 33.1 Å². The van der Waals surface area contributed by atoms with Crippen LogP contribution in [0.5, 0.6) is 0 Å². The van der Waals surface area contributed by atoms with Crippen molar-refractivity contribution >= 4 is 5.91 Å². The molecule has 2 rings (SSSR count). The van der Waals surface area contributed by atoms with Gasteiger partial charge in [0.2, 0.25) is 5.91 Å². The molecule has 0 bridgehead atoms. The van der Waals surface area contributed by atoms with E-state index in [2.05, 4.69) is 5.32 Å². The number of hydrogen-bond acceptors (Lipinski definition) is 2. The van der Waals surface area contributed by atoms with Crippen LogP contribution in [0.3, 0.4) is 0 Å². The fourth-order valence-corrected chi connectivity index (χ4v) is 3.67. The van der Waals surface area contributed by atoms with E-state index in [0.29, 0.717) is 12.5 Å². The van der Waals surface area contributed by atoms with Crippen molar-refractivity contribution in [3.05, 3.63) is 0 Å². The van der Waals surface area contributed by atoms with E-state index in [9.17, 15) is 4.79 Å². The molecule has 0 aromatic rings. The van der Waals surface area contributed by atoms with Crippen LogP contribution in [0.15, 0.2) is 0 Å². The Morgan fingerprint density at radius 2 is 1.83 bits per heavy atom. The lowest BCUT2D eigenvalue weighted by atomic mass is 9.69. The number of rotatable bonds is 4. The Hall–Kier alpha value is -0.570. The molecule has 0 aromatic heterocycles. The van der Waals surface area contributed by atoms with Crippen LogP contribution in [0.2, 0.25) is 0 Å². The van der Waals surface area contributed by atoms with Crippen molar-refractivity contribution in [3.8, 4) is 0 Å². The van der Waals surface area contributed by atoms with Gasteiger partial charge in [-0.1, -0.05) is 25.7 Å². The van der Waals surface area contributed by atoms with Crippen molar-refractivity contribution in [3.63, 3.8) is 0 Å². The van der Waals surface area contributed by atoms with E-state index >= 15 is 0 Å². The zero-order valence-corrected chi connectivity index (χ0v) is 12.0. The lowest BCUT2D eigenvalue weighted by Crippen LogP contribution is -2.40. The van der Waals surface area contributed by atoms with E-state index in [4.69, 9.17) is 0 Å². The molecule has 0 aromatic carbocycles. The van der Waals surface area contributed by atoms with Crippen LogP contribution in [0.4, 0.5) is 0 Å². The van der Waals surface area contributed by atoms with Gasteiger partial charge in [0.25, 0.3) is 0 Å². The van der Waals surface area contributed by atoms with Crippen molar-refractivity contribution in [2.24, 2.45) is 11.8 Å². The Bertz CT molecular complexity index is 278. The summed E-state index contributed by atoms with van der Waals surface area (Å²) in [5.74, 6) is 2.21. The fourth-order valence-electron chi connectivity index (χ4n) is 3.67. The van der Waals surface area contributed by atoms with Crippen molar-refractivity contribution in [1.29, 1.82) is 0 Å². The van der Waals surface area contributed by atoms with Gasteiger partial charge < -0.3 is 10.2 Å². The fraction of sp³-hybridized carbons (Fsp3) is 0.933. The first-order chi connectivity index (χ1) is 8.66. The molecule has 3 heteroatoms. The summed E-state index contributed by atoms with van der Waals surface area (Å²) >= 11 is 0. The summed E-state index contributed by atoms with van der Waals surface area (Å²) in [4.78, 5) is 13.2. The van der Waals surface area contributed by atoms with Crippen LogP contribution in [0.25, 0.3) is 0 Å². The van der Waals surface area contributed by atoms with Gasteiger partial charge in [0.15, 0.2) is 0 Å². The molecular weight excluding hydrogens is 224 g/mol. The van der Waals surface area contributed by atoms with Gasteiger partial charge >= 0.3 is 0 Å². The maximum Gasteiger partial charge on any atom is 0.223 e. The standard InChI is InChI=1S/C15H28N2O/c1-17(2)15(18)9-10-16-14-8-7-12-5-3-4-6-13(12)11-14/h12-14,16H,3-11H2,1-2H3. The predicted octanol–water partition coefficient (Wildman–Crippen LogP) is 2.41. The van der Waals surface area contributed by atoms with E-state index in [-0.39, 0.29) is 5.91 Å². The van der Waals surface area contributed by atoms with Crippen LogP contribution >= 0.6 is 0 Å². The molecule has 2 saturated carbocycles. The third-order valence-electron chi connectivity index (χ3n) is 4.81. The van der Waals surface area contributed by atoms with Gasteiger partial charge in [0.1, 0.15) is 0 Å². The minimum atomic E-state index is 0.230. The largest absolute Gasteiger partial charge is 0.349 e. The van der Waals surface area contributed by atoms with Crippen LogP contribution in [0.1, 0.15) is 51.4 Å². The number of hydrogen-bond donors (Lipinski definition) is 1. The van der Waals surface area contributed by atoms with Gasteiger partial charge in [-0.2, -0.15) is 0 Å². The summed E-state index contributed by atoms with van der Waals surface area (Å²) < 4.78 is 0. The Morgan fingerprint density at radius 1 is 1.11 bits per heavy atom. The summed E-state index contributed by atoms with van der Waals surface area (Å²) in [5, 5.41) is 3.59. The highest BCUT2D eigenvalue weighted by Gasteiger charge is 2.31. The Morgan fingerprint density at radius 3 is 2.56 bits per heavy atom. The highest BCUT2D eigenvalue weighted by atomic mass is 16.2. The molecule has 1 amide bonds. The second-order valence-electron chi connectivity index (χ2n) is 6.31. The minimum Gasteiger partial charge on any atom is -0.349 e. The number of nitrogens with zero attached hydrogens (tertiary/aromatic N) is 1. The zero-order valence-electron chi connectivity index (χ0n) is 12.0. The Kier molecular flexibility index (Phi) is 5.04. The third-order valence-corrected chi connectivity index (χ3v) is 4.81. The van der Waals surface area contributed by atoms with E-state index in [1.165, 1.54) is 44.9 Å². The van der Waals surface area contributed by atoms with Gasteiger partial charge in [-0.3, -0.25) is 4.79 Å². The van der Waals surface area contributed by atoms with Crippen LogP contribution < -0.4 is 5.32 Å². The molecule has 0 heterocycles. The normalized spacial score (nSPS) is 31.8. The maximum atomic E-state index is 11.5. The lowest BCUT2D eigenvalue weighted by Gasteiger charge is -2.39.